The molecule has 0 radical (unpaired) electrons. The average molecular weight is 366 g/mol. The number of rotatable bonds is 7. The van der Waals surface area contributed by atoms with Gasteiger partial charge in [0.05, 0.1) is 31.5 Å². The van der Waals surface area contributed by atoms with E-state index in [1.165, 1.54) is 0 Å². The van der Waals surface area contributed by atoms with E-state index < -0.39 is 0 Å². The Bertz CT molecular complexity index is 979. The summed E-state index contributed by atoms with van der Waals surface area (Å²) >= 11 is 0. The van der Waals surface area contributed by atoms with Gasteiger partial charge < -0.3 is 14.0 Å². The first-order chi connectivity index (χ1) is 13.1. The van der Waals surface area contributed by atoms with E-state index in [0.717, 1.165) is 22.4 Å². The van der Waals surface area contributed by atoms with Crippen LogP contribution in [-0.2, 0) is 11.3 Å². The number of imidazole rings is 1. The molecule has 0 fully saturated rings. The van der Waals surface area contributed by atoms with E-state index >= 15 is 0 Å². The molecule has 3 rings (SSSR count). The van der Waals surface area contributed by atoms with E-state index in [4.69, 9.17) is 9.47 Å². The predicted molar refractivity (Wildman–Crippen MR) is 104 cm³/mol. The SMILES string of the molecule is COc1ccc(C=NNC(=O)CCn2c(C)nc3ccccc32)cc1OC. The summed E-state index contributed by atoms with van der Waals surface area (Å²) in [6, 6.07) is 13.3. The third-order valence-electron chi connectivity index (χ3n) is 4.22. The van der Waals surface area contributed by atoms with Crippen LogP contribution in [0.5, 0.6) is 11.5 Å². The Labute approximate surface area is 157 Å². The van der Waals surface area contributed by atoms with E-state index in [1.54, 1.807) is 32.6 Å². The second-order valence-electron chi connectivity index (χ2n) is 5.96. The lowest BCUT2D eigenvalue weighted by atomic mass is 10.2. The molecule has 2 aromatic carbocycles. The summed E-state index contributed by atoms with van der Waals surface area (Å²) in [6.45, 7) is 2.48. The largest absolute Gasteiger partial charge is 0.493 e. The van der Waals surface area contributed by atoms with E-state index in [0.29, 0.717) is 24.5 Å². The van der Waals surface area contributed by atoms with Crippen molar-refractivity contribution in [3.8, 4) is 11.5 Å². The van der Waals surface area contributed by atoms with Gasteiger partial charge >= 0.3 is 0 Å². The maximum absolute atomic E-state index is 12.1. The molecule has 0 spiro atoms. The molecule has 7 heteroatoms. The highest BCUT2D eigenvalue weighted by Gasteiger charge is 2.08. The van der Waals surface area contributed by atoms with Crippen molar-refractivity contribution in [3.05, 3.63) is 53.9 Å². The number of amides is 1. The fourth-order valence-corrected chi connectivity index (χ4v) is 2.86. The van der Waals surface area contributed by atoms with E-state index in [1.807, 2.05) is 41.8 Å². The number of aryl methyl sites for hydroxylation is 2. The highest BCUT2D eigenvalue weighted by atomic mass is 16.5. The number of methoxy groups -OCH3 is 2. The standard InChI is InChI=1S/C20H22N4O3/c1-14-22-16-6-4-5-7-17(16)24(14)11-10-20(25)23-21-13-15-8-9-18(26-2)19(12-15)27-3/h4-9,12-13H,10-11H2,1-3H3,(H,23,25). The van der Waals surface area contributed by atoms with Crippen LogP contribution in [0.3, 0.4) is 0 Å². The number of hydrogen-bond donors (Lipinski definition) is 1. The Kier molecular flexibility index (Phi) is 5.71. The van der Waals surface area contributed by atoms with E-state index in [2.05, 4.69) is 15.5 Å². The molecule has 0 atom stereocenters. The molecule has 0 aliphatic carbocycles. The van der Waals surface area contributed by atoms with Crippen LogP contribution in [0.1, 0.15) is 17.8 Å². The Hall–Kier alpha value is -3.35. The topological polar surface area (TPSA) is 77.7 Å². The van der Waals surface area contributed by atoms with Crippen molar-refractivity contribution in [1.29, 1.82) is 0 Å². The molecule has 0 saturated heterocycles. The quantitative estimate of drug-likeness (QED) is 0.515. The molecular weight excluding hydrogens is 344 g/mol. The summed E-state index contributed by atoms with van der Waals surface area (Å²) in [6.07, 6.45) is 1.88. The number of aromatic nitrogens is 2. The van der Waals surface area contributed by atoms with Crippen LogP contribution < -0.4 is 14.9 Å². The van der Waals surface area contributed by atoms with Crippen LogP contribution in [0.2, 0.25) is 0 Å². The van der Waals surface area contributed by atoms with Gasteiger partial charge in [0, 0.05) is 13.0 Å². The lowest BCUT2D eigenvalue weighted by molar-refractivity contribution is -0.121. The Morgan fingerprint density at radius 1 is 1.19 bits per heavy atom. The van der Waals surface area contributed by atoms with Gasteiger partial charge in [0.25, 0.3) is 0 Å². The molecule has 0 unspecified atom stereocenters. The number of ether oxygens (including phenoxy) is 2. The van der Waals surface area contributed by atoms with Crippen molar-refractivity contribution in [2.75, 3.05) is 14.2 Å². The maximum atomic E-state index is 12.1. The predicted octanol–water partition coefficient (Wildman–Crippen LogP) is 2.90. The molecule has 1 aromatic heterocycles. The number of carbonyl (C=O) groups excluding carboxylic acids is 1. The Morgan fingerprint density at radius 3 is 2.74 bits per heavy atom. The van der Waals surface area contributed by atoms with Gasteiger partial charge in [0.15, 0.2) is 11.5 Å². The second kappa shape index (κ2) is 8.35. The summed E-state index contributed by atoms with van der Waals surface area (Å²) < 4.78 is 12.5. The number of fused-ring (bicyclic) bond motifs is 1. The number of nitrogens with one attached hydrogen (secondary N) is 1. The molecular formula is C20H22N4O3. The zero-order chi connectivity index (χ0) is 19.2. The summed E-state index contributed by atoms with van der Waals surface area (Å²) in [5.41, 5.74) is 5.30. The number of nitrogens with zero attached hydrogens (tertiary/aromatic N) is 3. The van der Waals surface area contributed by atoms with Gasteiger partial charge in [-0.2, -0.15) is 5.10 Å². The number of carbonyl (C=O) groups is 1. The molecule has 140 valence electrons. The lowest BCUT2D eigenvalue weighted by Gasteiger charge is -2.07. The van der Waals surface area contributed by atoms with Gasteiger partial charge in [-0.05, 0) is 42.8 Å². The second-order valence-corrected chi connectivity index (χ2v) is 5.96. The third-order valence-corrected chi connectivity index (χ3v) is 4.22. The van der Waals surface area contributed by atoms with Crippen molar-refractivity contribution in [2.24, 2.45) is 5.10 Å². The minimum atomic E-state index is -0.163. The number of hydrogen-bond acceptors (Lipinski definition) is 5. The average Bonchev–Trinajstić information content (AvgIpc) is 3.01. The number of benzene rings is 2. The van der Waals surface area contributed by atoms with Crippen LogP contribution in [-0.4, -0.2) is 35.9 Å². The van der Waals surface area contributed by atoms with Gasteiger partial charge in [-0.25, -0.2) is 10.4 Å². The van der Waals surface area contributed by atoms with Crippen molar-refractivity contribution >= 4 is 23.2 Å². The first-order valence-corrected chi connectivity index (χ1v) is 8.58. The molecule has 0 bridgehead atoms. The fraction of sp³-hybridized carbons (Fsp3) is 0.250. The number of para-hydroxylation sites is 2. The molecule has 1 heterocycles. The minimum Gasteiger partial charge on any atom is -0.493 e. The van der Waals surface area contributed by atoms with Gasteiger partial charge in [-0.15, -0.1) is 0 Å². The molecule has 0 aliphatic rings. The smallest absolute Gasteiger partial charge is 0.241 e. The monoisotopic (exact) mass is 366 g/mol. The van der Waals surface area contributed by atoms with Gasteiger partial charge in [-0.1, -0.05) is 12.1 Å². The molecule has 1 amide bonds. The lowest BCUT2D eigenvalue weighted by Crippen LogP contribution is -2.19. The summed E-state index contributed by atoms with van der Waals surface area (Å²) in [4.78, 5) is 16.6. The van der Waals surface area contributed by atoms with Crippen molar-refractivity contribution < 1.29 is 14.3 Å². The fourth-order valence-electron chi connectivity index (χ4n) is 2.86. The minimum absolute atomic E-state index is 0.163. The first kappa shape index (κ1) is 18.4. The molecule has 0 aliphatic heterocycles. The summed E-state index contributed by atoms with van der Waals surface area (Å²) in [7, 11) is 3.15. The Morgan fingerprint density at radius 2 is 1.96 bits per heavy atom. The van der Waals surface area contributed by atoms with Gasteiger partial charge in [0.2, 0.25) is 5.91 Å². The van der Waals surface area contributed by atoms with Crippen LogP contribution >= 0.6 is 0 Å². The van der Waals surface area contributed by atoms with Crippen molar-refractivity contribution in [1.82, 2.24) is 15.0 Å². The van der Waals surface area contributed by atoms with E-state index in [9.17, 15) is 4.79 Å². The Balaban J connectivity index is 1.58. The molecule has 1 N–H and O–H groups in total. The van der Waals surface area contributed by atoms with Gasteiger partial charge in [-0.3, -0.25) is 4.79 Å². The molecule has 0 saturated carbocycles. The van der Waals surface area contributed by atoms with Gasteiger partial charge in [0.1, 0.15) is 5.82 Å². The van der Waals surface area contributed by atoms with Crippen LogP contribution in [0.25, 0.3) is 11.0 Å². The third kappa shape index (κ3) is 4.25. The van der Waals surface area contributed by atoms with Crippen molar-refractivity contribution in [2.45, 2.75) is 19.9 Å². The van der Waals surface area contributed by atoms with Crippen molar-refractivity contribution in [3.63, 3.8) is 0 Å². The zero-order valence-corrected chi connectivity index (χ0v) is 15.6. The summed E-state index contributed by atoms with van der Waals surface area (Å²) in [5, 5.41) is 4.01. The summed E-state index contributed by atoms with van der Waals surface area (Å²) in [5.74, 6) is 1.97. The molecule has 3 aromatic rings. The number of hydrazone groups is 1. The molecule has 7 nitrogen and oxygen atoms in total. The van der Waals surface area contributed by atoms with Crippen LogP contribution in [0, 0.1) is 6.92 Å². The van der Waals surface area contributed by atoms with Crippen LogP contribution in [0.15, 0.2) is 47.6 Å². The molecule has 27 heavy (non-hydrogen) atoms. The zero-order valence-electron chi connectivity index (χ0n) is 15.6. The highest BCUT2D eigenvalue weighted by Crippen LogP contribution is 2.26. The van der Waals surface area contributed by atoms with Crippen LogP contribution in [0.4, 0.5) is 0 Å². The highest BCUT2D eigenvalue weighted by molar-refractivity contribution is 5.83. The normalized spacial score (nSPS) is 11.1. The van der Waals surface area contributed by atoms with E-state index in [-0.39, 0.29) is 5.91 Å². The maximum Gasteiger partial charge on any atom is 0.241 e. The first-order valence-electron chi connectivity index (χ1n) is 8.58.